The highest BCUT2D eigenvalue weighted by Crippen LogP contribution is 2.38. The number of ether oxygens (including phenoxy) is 1. The quantitative estimate of drug-likeness (QED) is 0.336. The fourth-order valence-electron chi connectivity index (χ4n) is 2.16. The van der Waals surface area contributed by atoms with Crippen molar-refractivity contribution in [3.05, 3.63) is 41.7 Å². The number of nitrogens with zero attached hydrogens (tertiary/aromatic N) is 2. The fourth-order valence-corrected chi connectivity index (χ4v) is 3.71. The van der Waals surface area contributed by atoms with Gasteiger partial charge < -0.3 is 10.1 Å². The number of rotatable bonds is 6. The molecule has 0 saturated carbocycles. The van der Waals surface area contributed by atoms with Crippen LogP contribution in [-0.2, 0) is 4.74 Å². The normalized spacial score (nSPS) is 10.6. The molecule has 9 heteroatoms. The summed E-state index contributed by atoms with van der Waals surface area (Å²) >= 11 is 13.1. The number of nitrogens with one attached hydrogen (secondary N) is 3. The predicted molar refractivity (Wildman–Crippen MR) is 107 cm³/mol. The summed E-state index contributed by atoms with van der Waals surface area (Å²) in [6.45, 7) is 1.20. The number of aromatic nitrogens is 2. The second-order valence-electron chi connectivity index (χ2n) is 5.03. The highest BCUT2D eigenvalue weighted by molar-refractivity contribution is 7.80. The van der Waals surface area contributed by atoms with E-state index in [4.69, 9.17) is 28.6 Å². The van der Waals surface area contributed by atoms with E-state index in [9.17, 15) is 0 Å². The zero-order valence-electron chi connectivity index (χ0n) is 13.4. The van der Waals surface area contributed by atoms with Crippen molar-refractivity contribution in [3.63, 3.8) is 0 Å². The molecule has 130 valence electrons. The van der Waals surface area contributed by atoms with Crippen LogP contribution < -0.4 is 16.2 Å². The molecule has 3 aromatic rings. The maximum Gasteiger partial charge on any atom is 0.185 e. The van der Waals surface area contributed by atoms with Gasteiger partial charge in [-0.1, -0.05) is 29.8 Å². The first kappa shape index (κ1) is 17.8. The van der Waals surface area contributed by atoms with Crippen molar-refractivity contribution >= 4 is 56.3 Å². The number of hydrazine groups is 1. The van der Waals surface area contributed by atoms with Crippen LogP contribution in [0, 0.1) is 0 Å². The van der Waals surface area contributed by atoms with E-state index in [1.54, 1.807) is 18.4 Å². The van der Waals surface area contributed by atoms with Gasteiger partial charge in [-0.2, -0.15) is 0 Å². The monoisotopic (exact) mass is 393 g/mol. The van der Waals surface area contributed by atoms with Crippen molar-refractivity contribution in [2.75, 3.05) is 25.7 Å². The largest absolute Gasteiger partial charge is 0.383 e. The van der Waals surface area contributed by atoms with Gasteiger partial charge in [-0.3, -0.25) is 10.9 Å². The Hall–Kier alpha value is -2.00. The van der Waals surface area contributed by atoms with Crippen LogP contribution in [0.4, 0.5) is 5.82 Å². The molecule has 6 nitrogen and oxygen atoms in total. The SMILES string of the molecule is COCCNC(=S)NNc1ncnc2cc(-c3ccccc3Cl)sc12. The van der Waals surface area contributed by atoms with Crippen molar-refractivity contribution in [1.82, 2.24) is 20.7 Å². The third-order valence-corrected chi connectivity index (χ3v) is 5.08. The van der Waals surface area contributed by atoms with E-state index in [0.717, 1.165) is 20.7 Å². The molecule has 2 aromatic heterocycles. The fraction of sp³-hybridized carbons (Fsp3) is 0.188. The molecule has 1 aromatic carbocycles. The third-order valence-electron chi connectivity index (χ3n) is 3.34. The van der Waals surface area contributed by atoms with Crippen LogP contribution in [0.25, 0.3) is 20.7 Å². The van der Waals surface area contributed by atoms with Crippen molar-refractivity contribution in [3.8, 4) is 10.4 Å². The van der Waals surface area contributed by atoms with Gasteiger partial charge in [-0.25, -0.2) is 9.97 Å². The predicted octanol–water partition coefficient (Wildman–Crippen LogP) is 3.45. The molecule has 0 aliphatic heterocycles. The van der Waals surface area contributed by atoms with E-state index in [1.807, 2.05) is 30.3 Å². The lowest BCUT2D eigenvalue weighted by molar-refractivity contribution is 0.204. The zero-order valence-corrected chi connectivity index (χ0v) is 15.8. The summed E-state index contributed by atoms with van der Waals surface area (Å²) in [5.41, 5.74) is 7.76. The first-order valence-corrected chi connectivity index (χ1v) is 9.07. The molecular weight excluding hydrogens is 378 g/mol. The highest BCUT2D eigenvalue weighted by atomic mass is 35.5. The number of fused-ring (bicyclic) bond motifs is 1. The second-order valence-corrected chi connectivity index (χ2v) is 6.89. The van der Waals surface area contributed by atoms with Crippen molar-refractivity contribution < 1.29 is 4.74 Å². The Bertz CT molecular complexity index is 886. The number of halogens is 1. The number of methoxy groups -OCH3 is 1. The Morgan fingerprint density at radius 3 is 2.96 bits per heavy atom. The zero-order chi connectivity index (χ0) is 17.6. The smallest absolute Gasteiger partial charge is 0.185 e. The molecule has 3 N–H and O–H groups in total. The first-order chi connectivity index (χ1) is 12.2. The highest BCUT2D eigenvalue weighted by Gasteiger charge is 2.12. The summed E-state index contributed by atoms with van der Waals surface area (Å²) in [6.07, 6.45) is 1.51. The van der Waals surface area contributed by atoms with Crippen LogP contribution in [0.2, 0.25) is 5.02 Å². The minimum absolute atomic E-state index is 0.465. The number of thiocarbonyl (C=S) groups is 1. The van der Waals surface area contributed by atoms with E-state index >= 15 is 0 Å². The van der Waals surface area contributed by atoms with Crippen LogP contribution in [0.1, 0.15) is 0 Å². The van der Waals surface area contributed by atoms with Crippen LogP contribution in [-0.4, -0.2) is 35.3 Å². The number of thiophene rings is 1. The Morgan fingerprint density at radius 1 is 1.32 bits per heavy atom. The molecule has 0 atom stereocenters. The van der Waals surface area contributed by atoms with E-state index in [2.05, 4.69) is 26.1 Å². The lowest BCUT2D eigenvalue weighted by Crippen LogP contribution is -2.40. The Labute approximate surface area is 159 Å². The van der Waals surface area contributed by atoms with Gasteiger partial charge >= 0.3 is 0 Å². The molecule has 3 rings (SSSR count). The summed E-state index contributed by atoms with van der Waals surface area (Å²) < 4.78 is 5.89. The van der Waals surface area contributed by atoms with E-state index < -0.39 is 0 Å². The standard InChI is InChI=1S/C16H16ClN5OS2/c1-23-7-6-18-16(24)22-21-15-14-12(19-9-20-15)8-13(25-14)10-4-2-3-5-11(10)17/h2-5,8-9H,6-7H2,1H3,(H2,18,22,24)(H,19,20,21). The molecule has 0 aliphatic rings. The topological polar surface area (TPSA) is 71.1 Å². The average Bonchev–Trinajstić information content (AvgIpc) is 3.05. The maximum atomic E-state index is 6.30. The average molecular weight is 394 g/mol. The van der Waals surface area contributed by atoms with Gasteiger partial charge in [0.05, 0.1) is 16.8 Å². The third kappa shape index (κ3) is 4.35. The van der Waals surface area contributed by atoms with Gasteiger partial charge in [-0.15, -0.1) is 11.3 Å². The van der Waals surface area contributed by atoms with Crippen LogP contribution in [0.5, 0.6) is 0 Å². The molecule has 0 fully saturated rings. The molecule has 0 unspecified atom stereocenters. The number of hydrogen-bond acceptors (Lipinski definition) is 6. The van der Waals surface area contributed by atoms with Gasteiger partial charge in [-0.05, 0) is 24.4 Å². The van der Waals surface area contributed by atoms with Gasteiger partial charge in [0.25, 0.3) is 0 Å². The molecule has 0 radical (unpaired) electrons. The van der Waals surface area contributed by atoms with Gasteiger partial charge in [0.2, 0.25) is 0 Å². The molecule has 0 spiro atoms. The van der Waals surface area contributed by atoms with Crippen molar-refractivity contribution in [2.45, 2.75) is 0 Å². The van der Waals surface area contributed by atoms with E-state index in [-0.39, 0.29) is 0 Å². The molecule has 25 heavy (non-hydrogen) atoms. The minimum Gasteiger partial charge on any atom is -0.383 e. The van der Waals surface area contributed by atoms with Crippen LogP contribution in [0.15, 0.2) is 36.7 Å². The second kappa shape index (κ2) is 8.39. The van der Waals surface area contributed by atoms with Crippen molar-refractivity contribution in [2.24, 2.45) is 0 Å². The number of hydrogen-bond donors (Lipinski definition) is 3. The van der Waals surface area contributed by atoms with Gasteiger partial charge in [0.15, 0.2) is 10.9 Å². The first-order valence-electron chi connectivity index (χ1n) is 7.47. The van der Waals surface area contributed by atoms with Gasteiger partial charge in [0, 0.05) is 29.1 Å². The lowest BCUT2D eigenvalue weighted by atomic mass is 10.2. The minimum atomic E-state index is 0.465. The van der Waals surface area contributed by atoms with Crippen LogP contribution in [0.3, 0.4) is 0 Å². The summed E-state index contributed by atoms with van der Waals surface area (Å²) in [5.74, 6) is 0.657. The van der Waals surface area contributed by atoms with Gasteiger partial charge in [0.1, 0.15) is 6.33 Å². The summed E-state index contributed by atoms with van der Waals surface area (Å²) in [5, 5.41) is 4.19. The molecular formula is C16H16ClN5OS2. The molecule has 0 aliphatic carbocycles. The van der Waals surface area contributed by atoms with Crippen LogP contribution >= 0.6 is 35.2 Å². The molecule has 0 amide bonds. The lowest BCUT2D eigenvalue weighted by Gasteiger charge is -2.11. The van der Waals surface area contributed by atoms with E-state index in [1.165, 1.54) is 6.33 Å². The molecule has 0 saturated heterocycles. The summed E-state index contributed by atoms with van der Waals surface area (Å²) in [4.78, 5) is 9.65. The number of benzene rings is 1. The molecule has 0 bridgehead atoms. The Balaban J connectivity index is 1.78. The summed E-state index contributed by atoms with van der Waals surface area (Å²) in [6, 6.07) is 9.73. The van der Waals surface area contributed by atoms with E-state index in [0.29, 0.717) is 29.1 Å². The van der Waals surface area contributed by atoms with Crippen molar-refractivity contribution in [1.29, 1.82) is 0 Å². The summed E-state index contributed by atoms with van der Waals surface area (Å²) in [7, 11) is 1.64. The maximum absolute atomic E-state index is 6.30. The molecule has 2 heterocycles. The Morgan fingerprint density at radius 2 is 2.16 bits per heavy atom. The number of anilines is 1. The Kier molecular flexibility index (Phi) is 5.98.